The summed E-state index contributed by atoms with van der Waals surface area (Å²) < 4.78 is 28.5. The van der Waals surface area contributed by atoms with Crippen LogP contribution < -0.4 is 0 Å². The van der Waals surface area contributed by atoms with Gasteiger partial charge in [-0.05, 0) is 25.7 Å². The molecule has 0 unspecified atom stereocenters. The van der Waals surface area contributed by atoms with Crippen LogP contribution in [0.3, 0.4) is 0 Å². The molecule has 20 heavy (non-hydrogen) atoms. The largest absolute Gasteiger partial charge is 0.396 e. The molecule has 1 saturated carbocycles. The van der Waals surface area contributed by atoms with E-state index in [2.05, 4.69) is 12.0 Å². The molecule has 0 amide bonds. The Bertz CT molecular complexity index is 523. The van der Waals surface area contributed by atoms with Gasteiger partial charge in [-0.15, -0.1) is 0 Å². The molecule has 0 aromatic carbocycles. The van der Waals surface area contributed by atoms with Crippen molar-refractivity contribution in [3.05, 3.63) is 12.4 Å². The highest BCUT2D eigenvalue weighted by atomic mass is 32.2. The maximum absolute atomic E-state index is 12.6. The molecule has 114 valence electrons. The smallest absolute Gasteiger partial charge is 0.246 e. The number of sulfonamides is 1. The summed E-state index contributed by atoms with van der Waals surface area (Å²) in [6, 6.07) is 0.173. The molecule has 6 nitrogen and oxygen atoms in total. The first kappa shape index (κ1) is 15.5. The second kappa shape index (κ2) is 6.69. The Morgan fingerprint density at radius 1 is 1.45 bits per heavy atom. The van der Waals surface area contributed by atoms with Gasteiger partial charge < -0.3 is 5.11 Å². The summed E-state index contributed by atoms with van der Waals surface area (Å²) in [7, 11) is -3.43. The van der Waals surface area contributed by atoms with Crippen molar-refractivity contribution in [3.63, 3.8) is 0 Å². The molecule has 0 radical (unpaired) electrons. The van der Waals surface area contributed by atoms with E-state index in [9.17, 15) is 8.42 Å². The molecule has 0 saturated heterocycles. The van der Waals surface area contributed by atoms with E-state index in [0.717, 1.165) is 25.7 Å². The second-order valence-electron chi connectivity index (χ2n) is 5.22. The fraction of sp³-hybridized carbons (Fsp3) is 0.769. The Morgan fingerprint density at radius 2 is 2.20 bits per heavy atom. The van der Waals surface area contributed by atoms with Crippen LogP contribution in [0.1, 0.15) is 39.0 Å². The molecule has 0 aliphatic heterocycles. The Balaban J connectivity index is 2.12. The van der Waals surface area contributed by atoms with Gasteiger partial charge in [-0.1, -0.05) is 13.3 Å². The van der Waals surface area contributed by atoms with E-state index >= 15 is 0 Å². The van der Waals surface area contributed by atoms with Crippen LogP contribution in [0, 0.1) is 0 Å². The third kappa shape index (κ3) is 3.59. The van der Waals surface area contributed by atoms with E-state index in [0.29, 0.717) is 19.5 Å². The lowest BCUT2D eigenvalue weighted by atomic mass is 10.3. The van der Waals surface area contributed by atoms with Crippen LogP contribution in [0.5, 0.6) is 0 Å². The summed E-state index contributed by atoms with van der Waals surface area (Å²) in [6.07, 6.45) is 7.33. The average molecular weight is 301 g/mol. The zero-order chi connectivity index (χ0) is 14.6. The van der Waals surface area contributed by atoms with Gasteiger partial charge in [-0.25, -0.2) is 8.42 Å². The molecule has 1 aromatic heterocycles. The number of unbranched alkanes of at least 4 members (excludes halogenated alkanes) is 1. The molecule has 2 rings (SSSR count). The Morgan fingerprint density at radius 3 is 2.80 bits per heavy atom. The maximum Gasteiger partial charge on any atom is 0.246 e. The van der Waals surface area contributed by atoms with Gasteiger partial charge in [0, 0.05) is 31.9 Å². The van der Waals surface area contributed by atoms with Gasteiger partial charge in [0.05, 0.1) is 6.20 Å². The van der Waals surface area contributed by atoms with E-state index in [4.69, 9.17) is 5.11 Å². The van der Waals surface area contributed by atoms with Gasteiger partial charge in [0.2, 0.25) is 10.0 Å². The van der Waals surface area contributed by atoms with E-state index in [1.54, 1.807) is 15.2 Å². The first-order chi connectivity index (χ1) is 9.59. The quantitative estimate of drug-likeness (QED) is 0.744. The Kier molecular flexibility index (Phi) is 5.17. The van der Waals surface area contributed by atoms with Crippen molar-refractivity contribution < 1.29 is 13.5 Å². The Labute approximate surface area is 120 Å². The Hall–Kier alpha value is -0.920. The highest BCUT2D eigenvalue weighted by Crippen LogP contribution is 2.32. The van der Waals surface area contributed by atoms with E-state index in [1.807, 2.05) is 0 Å². The third-order valence-electron chi connectivity index (χ3n) is 3.45. The normalized spacial score (nSPS) is 15.9. The van der Waals surface area contributed by atoms with Gasteiger partial charge in [-0.2, -0.15) is 9.40 Å². The molecular weight excluding hydrogens is 278 g/mol. The molecule has 1 heterocycles. The highest BCUT2D eigenvalue weighted by Gasteiger charge is 2.38. The number of hydrogen-bond donors (Lipinski definition) is 1. The minimum atomic E-state index is -3.43. The van der Waals surface area contributed by atoms with E-state index in [1.165, 1.54) is 6.20 Å². The lowest BCUT2D eigenvalue weighted by molar-refractivity contribution is 0.277. The first-order valence-corrected chi connectivity index (χ1v) is 8.68. The van der Waals surface area contributed by atoms with E-state index in [-0.39, 0.29) is 17.5 Å². The zero-order valence-electron chi connectivity index (χ0n) is 11.9. The fourth-order valence-corrected chi connectivity index (χ4v) is 3.82. The number of aliphatic hydroxyl groups excluding tert-OH is 1. The van der Waals surface area contributed by atoms with Crippen LogP contribution in [0.25, 0.3) is 0 Å². The number of rotatable bonds is 9. The zero-order valence-corrected chi connectivity index (χ0v) is 12.7. The monoisotopic (exact) mass is 301 g/mol. The summed E-state index contributed by atoms with van der Waals surface area (Å²) in [4.78, 5) is 0.262. The van der Waals surface area contributed by atoms with Gasteiger partial charge >= 0.3 is 0 Å². The molecule has 0 spiro atoms. The number of aryl methyl sites for hydroxylation is 1. The first-order valence-electron chi connectivity index (χ1n) is 7.24. The fourth-order valence-electron chi connectivity index (χ4n) is 2.14. The van der Waals surface area contributed by atoms with Crippen molar-refractivity contribution in [2.45, 2.75) is 56.5 Å². The topological polar surface area (TPSA) is 75.4 Å². The predicted octanol–water partition coefficient (Wildman–Crippen LogP) is 1.22. The minimum Gasteiger partial charge on any atom is -0.396 e. The third-order valence-corrected chi connectivity index (χ3v) is 5.35. The van der Waals surface area contributed by atoms with Crippen molar-refractivity contribution >= 4 is 10.0 Å². The van der Waals surface area contributed by atoms with Crippen molar-refractivity contribution in [1.29, 1.82) is 0 Å². The number of aliphatic hydroxyl groups is 1. The molecule has 0 atom stereocenters. The minimum absolute atomic E-state index is 0.0760. The number of nitrogens with zero attached hydrogens (tertiary/aromatic N) is 3. The van der Waals surface area contributed by atoms with Crippen LogP contribution in [-0.2, 0) is 16.6 Å². The number of aromatic nitrogens is 2. The summed E-state index contributed by atoms with van der Waals surface area (Å²) in [5, 5.41) is 12.9. The summed E-state index contributed by atoms with van der Waals surface area (Å²) in [6.45, 7) is 3.26. The van der Waals surface area contributed by atoms with Crippen LogP contribution >= 0.6 is 0 Å². The standard InChI is InChI=1S/C13H23N3O3S/c1-2-3-8-16(12-5-6-12)20(18,19)13-10-14-15(11-13)7-4-9-17/h10-12,17H,2-9H2,1H3. The maximum atomic E-state index is 12.6. The molecule has 1 aromatic rings. The molecular formula is C13H23N3O3S. The van der Waals surface area contributed by atoms with Crippen LogP contribution in [0.15, 0.2) is 17.3 Å². The second-order valence-corrected chi connectivity index (χ2v) is 7.11. The van der Waals surface area contributed by atoms with Crippen LogP contribution in [0.2, 0.25) is 0 Å². The predicted molar refractivity (Wildman–Crippen MR) is 75.8 cm³/mol. The van der Waals surface area contributed by atoms with Gasteiger partial charge in [0.25, 0.3) is 0 Å². The molecule has 1 aliphatic rings. The molecule has 7 heteroatoms. The van der Waals surface area contributed by atoms with Crippen molar-refractivity contribution in [2.24, 2.45) is 0 Å². The SMILES string of the molecule is CCCCN(C1CC1)S(=O)(=O)c1cnn(CCCO)c1. The van der Waals surface area contributed by atoms with Crippen molar-refractivity contribution in [3.8, 4) is 0 Å². The lowest BCUT2D eigenvalue weighted by Gasteiger charge is -2.20. The van der Waals surface area contributed by atoms with Gasteiger partial charge in [0.1, 0.15) is 4.90 Å². The average Bonchev–Trinajstić information content (AvgIpc) is 3.13. The summed E-state index contributed by atoms with van der Waals surface area (Å²) in [5.41, 5.74) is 0. The van der Waals surface area contributed by atoms with Gasteiger partial charge in [-0.3, -0.25) is 4.68 Å². The van der Waals surface area contributed by atoms with E-state index < -0.39 is 10.0 Å². The number of hydrogen-bond acceptors (Lipinski definition) is 4. The van der Waals surface area contributed by atoms with Crippen molar-refractivity contribution in [1.82, 2.24) is 14.1 Å². The lowest BCUT2D eigenvalue weighted by Crippen LogP contribution is -2.33. The van der Waals surface area contributed by atoms with Crippen LogP contribution in [0.4, 0.5) is 0 Å². The molecule has 1 N–H and O–H groups in total. The molecule has 1 fully saturated rings. The van der Waals surface area contributed by atoms with Gasteiger partial charge in [0.15, 0.2) is 0 Å². The van der Waals surface area contributed by atoms with Crippen molar-refractivity contribution in [2.75, 3.05) is 13.2 Å². The summed E-state index contributed by atoms with van der Waals surface area (Å²) >= 11 is 0. The van der Waals surface area contributed by atoms with Crippen LogP contribution in [-0.4, -0.2) is 46.8 Å². The molecule has 0 bridgehead atoms. The highest BCUT2D eigenvalue weighted by molar-refractivity contribution is 7.89. The summed E-state index contributed by atoms with van der Waals surface area (Å²) in [5.74, 6) is 0. The molecule has 1 aliphatic carbocycles.